The van der Waals surface area contributed by atoms with Crippen molar-refractivity contribution in [1.29, 1.82) is 0 Å². The lowest BCUT2D eigenvalue weighted by Crippen LogP contribution is -2.35. The molecule has 1 amide bonds. The second-order valence-electron chi connectivity index (χ2n) is 5.84. The number of hydrogen-bond donors (Lipinski definition) is 2. The van der Waals surface area contributed by atoms with E-state index in [0.717, 1.165) is 31.6 Å². The number of hydrogen-bond acceptors (Lipinski definition) is 3. The van der Waals surface area contributed by atoms with Gasteiger partial charge in [0, 0.05) is 24.3 Å². The summed E-state index contributed by atoms with van der Waals surface area (Å²) < 4.78 is 13.3. The molecule has 6 heteroatoms. The first kappa shape index (κ1) is 16.7. The van der Waals surface area contributed by atoms with Gasteiger partial charge >= 0.3 is 0 Å². The Morgan fingerprint density at radius 1 is 1.17 bits per heavy atom. The number of aliphatic hydroxyl groups is 1. The number of anilines is 2. The van der Waals surface area contributed by atoms with Crippen LogP contribution in [-0.2, 0) is 0 Å². The Morgan fingerprint density at radius 2 is 1.83 bits per heavy atom. The first-order valence-corrected chi connectivity index (χ1v) is 8.20. The molecule has 0 aromatic heterocycles. The number of carbonyl (C=O) groups excluding carboxylic acids is 1. The molecule has 2 N–H and O–H groups in total. The zero-order valence-electron chi connectivity index (χ0n) is 13.0. The van der Waals surface area contributed by atoms with Crippen molar-refractivity contribution >= 4 is 28.9 Å². The number of piperidine rings is 1. The molecule has 1 fully saturated rings. The Balaban J connectivity index is 1.68. The molecule has 4 nitrogen and oxygen atoms in total. The lowest BCUT2D eigenvalue weighted by molar-refractivity contribution is 0.102. The minimum atomic E-state index is -0.461. The van der Waals surface area contributed by atoms with Crippen molar-refractivity contribution in [3.05, 3.63) is 58.9 Å². The summed E-state index contributed by atoms with van der Waals surface area (Å²) in [7, 11) is 0. The largest absolute Gasteiger partial charge is 0.393 e. The van der Waals surface area contributed by atoms with Gasteiger partial charge in [0.15, 0.2) is 0 Å². The topological polar surface area (TPSA) is 52.6 Å². The van der Waals surface area contributed by atoms with Crippen molar-refractivity contribution in [3.8, 4) is 0 Å². The maximum absolute atomic E-state index is 13.3. The predicted octanol–water partition coefficient (Wildman–Crippen LogP) is 3.69. The molecule has 0 spiro atoms. The van der Waals surface area contributed by atoms with Gasteiger partial charge in [-0.3, -0.25) is 4.79 Å². The molecule has 1 aliphatic rings. The lowest BCUT2D eigenvalue weighted by Gasteiger charge is -2.31. The van der Waals surface area contributed by atoms with E-state index in [0.29, 0.717) is 5.56 Å². The third kappa shape index (κ3) is 3.86. The average Bonchev–Trinajstić information content (AvgIpc) is 2.59. The highest BCUT2D eigenvalue weighted by atomic mass is 35.5. The SMILES string of the molecule is O=C(Nc1cc(F)ccc1Cl)c1ccc(N2CCC(O)CC2)cc1. The van der Waals surface area contributed by atoms with Crippen molar-refractivity contribution in [2.75, 3.05) is 23.3 Å². The molecule has 0 radical (unpaired) electrons. The third-order valence-electron chi connectivity index (χ3n) is 4.14. The molecule has 0 aliphatic carbocycles. The molecule has 0 atom stereocenters. The summed E-state index contributed by atoms with van der Waals surface area (Å²) in [4.78, 5) is 14.4. The molecule has 24 heavy (non-hydrogen) atoms. The molecule has 126 valence electrons. The Morgan fingerprint density at radius 3 is 2.50 bits per heavy atom. The molecular formula is C18H18ClFN2O2. The first-order valence-electron chi connectivity index (χ1n) is 7.82. The minimum absolute atomic E-state index is 0.220. The van der Waals surface area contributed by atoms with E-state index in [1.807, 2.05) is 12.1 Å². The summed E-state index contributed by atoms with van der Waals surface area (Å²) in [5.74, 6) is -0.805. The van der Waals surface area contributed by atoms with E-state index in [4.69, 9.17) is 11.6 Å². The number of carbonyl (C=O) groups is 1. The highest BCUT2D eigenvalue weighted by Gasteiger charge is 2.17. The monoisotopic (exact) mass is 348 g/mol. The maximum Gasteiger partial charge on any atom is 0.255 e. The van der Waals surface area contributed by atoms with Crippen LogP contribution in [0.5, 0.6) is 0 Å². The van der Waals surface area contributed by atoms with Crippen LogP contribution in [0.2, 0.25) is 5.02 Å². The normalized spacial score (nSPS) is 15.4. The van der Waals surface area contributed by atoms with Crippen LogP contribution in [0.15, 0.2) is 42.5 Å². The van der Waals surface area contributed by atoms with Crippen LogP contribution >= 0.6 is 11.6 Å². The van der Waals surface area contributed by atoms with Crippen LogP contribution in [0.4, 0.5) is 15.8 Å². The Bertz CT molecular complexity index is 728. The average molecular weight is 349 g/mol. The first-order chi connectivity index (χ1) is 11.5. The molecule has 3 rings (SSSR count). The van der Waals surface area contributed by atoms with Gasteiger partial charge in [0.2, 0.25) is 0 Å². The summed E-state index contributed by atoms with van der Waals surface area (Å²) >= 11 is 5.96. The van der Waals surface area contributed by atoms with Crippen LogP contribution in [0.25, 0.3) is 0 Å². The second kappa shape index (κ2) is 7.20. The van der Waals surface area contributed by atoms with E-state index in [1.165, 1.54) is 18.2 Å². The second-order valence-corrected chi connectivity index (χ2v) is 6.25. The van der Waals surface area contributed by atoms with E-state index in [2.05, 4.69) is 10.2 Å². The van der Waals surface area contributed by atoms with Gasteiger partial charge in [-0.2, -0.15) is 0 Å². The van der Waals surface area contributed by atoms with Crippen molar-refractivity contribution in [1.82, 2.24) is 0 Å². The number of nitrogens with one attached hydrogen (secondary N) is 1. The summed E-state index contributed by atoms with van der Waals surface area (Å²) in [6.45, 7) is 1.59. The summed E-state index contributed by atoms with van der Waals surface area (Å²) in [6.07, 6.45) is 1.28. The zero-order valence-corrected chi connectivity index (χ0v) is 13.8. The van der Waals surface area contributed by atoms with Gasteiger partial charge in [0.1, 0.15) is 5.82 Å². The standard InChI is InChI=1S/C18H18ClFN2O2/c19-16-6-3-13(20)11-17(16)21-18(24)12-1-4-14(5-2-12)22-9-7-15(23)8-10-22/h1-6,11,15,23H,7-10H2,(H,21,24). The van der Waals surface area contributed by atoms with Crippen LogP contribution in [0.3, 0.4) is 0 Å². The van der Waals surface area contributed by atoms with E-state index < -0.39 is 5.82 Å². The van der Waals surface area contributed by atoms with Gasteiger partial charge in [-0.25, -0.2) is 4.39 Å². The highest BCUT2D eigenvalue weighted by molar-refractivity contribution is 6.33. The number of halogens is 2. The smallest absolute Gasteiger partial charge is 0.255 e. The quantitative estimate of drug-likeness (QED) is 0.889. The summed E-state index contributed by atoms with van der Waals surface area (Å²) in [5, 5.41) is 12.5. The van der Waals surface area contributed by atoms with Crippen molar-refractivity contribution in [2.24, 2.45) is 0 Å². The van der Waals surface area contributed by atoms with Gasteiger partial charge in [0.25, 0.3) is 5.91 Å². The number of rotatable bonds is 3. The summed E-state index contributed by atoms with van der Waals surface area (Å²) in [5.41, 5.74) is 1.73. The van der Waals surface area contributed by atoms with E-state index in [1.54, 1.807) is 12.1 Å². The molecular weight excluding hydrogens is 331 g/mol. The molecule has 1 heterocycles. The molecule has 1 aliphatic heterocycles. The van der Waals surface area contributed by atoms with Crippen LogP contribution in [0, 0.1) is 5.82 Å². The minimum Gasteiger partial charge on any atom is -0.393 e. The molecule has 1 saturated heterocycles. The lowest BCUT2D eigenvalue weighted by atomic mass is 10.1. The number of aliphatic hydroxyl groups excluding tert-OH is 1. The molecule has 0 bridgehead atoms. The number of amides is 1. The highest BCUT2D eigenvalue weighted by Crippen LogP contribution is 2.24. The Labute approximate surface area is 144 Å². The van der Waals surface area contributed by atoms with Gasteiger partial charge < -0.3 is 15.3 Å². The predicted molar refractivity (Wildman–Crippen MR) is 93.3 cm³/mol. The van der Waals surface area contributed by atoms with Gasteiger partial charge in [0.05, 0.1) is 16.8 Å². The zero-order chi connectivity index (χ0) is 17.1. The maximum atomic E-state index is 13.3. The Hall–Kier alpha value is -2.11. The summed E-state index contributed by atoms with van der Waals surface area (Å²) in [6, 6.07) is 11.0. The fourth-order valence-corrected chi connectivity index (χ4v) is 2.90. The van der Waals surface area contributed by atoms with Gasteiger partial charge in [-0.1, -0.05) is 11.6 Å². The number of benzene rings is 2. The van der Waals surface area contributed by atoms with Crippen LogP contribution in [-0.4, -0.2) is 30.2 Å². The molecule has 0 saturated carbocycles. The molecule has 2 aromatic carbocycles. The van der Waals surface area contributed by atoms with E-state index >= 15 is 0 Å². The fraction of sp³-hybridized carbons (Fsp3) is 0.278. The number of nitrogens with zero attached hydrogens (tertiary/aromatic N) is 1. The van der Waals surface area contributed by atoms with Crippen molar-refractivity contribution < 1.29 is 14.3 Å². The van der Waals surface area contributed by atoms with E-state index in [9.17, 15) is 14.3 Å². The molecule has 0 unspecified atom stereocenters. The van der Waals surface area contributed by atoms with Crippen LogP contribution < -0.4 is 10.2 Å². The Kier molecular flexibility index (Phi) is 5.02. The fourth-order valence-electron chi connectivity index (χ4n) is 2.74. The van der Waals surface area contributed by atoms with Gasteiger partial charge in [-0.15, -0.1) is 0 Å². The third-order valence-corrected chi connectivity index (χ3v) is 4.47. The molecule has 2 aromatic rings. The van der Waals surface area contributed by atoms with Crippen molar-refractivity contribution in [3.63, 3.8) is 0 Å². The van der Waals surface area contributed by atoms with Gasteiger partial charge in [-0.05, 0) is 55.3 Å². The van der Waals surface area contributed by atoms with Crippen LogP contribution in [0.1, 0.15) is 23.2 Å². The van der Waals surface area contributed by atoms with Crippen molar-refractivity contribution in [2.45, 2.75) is 18.9 Å². The van der Waals surface area contributed by atoms with E-state index in [-0.39, 0.29) is 22.7 Å².